The Bertz CT molecular complexity index is 816. The van der Waals surface area contributed by atoms with E-state index in [0.29, 0.717) is 23.3 Å². The van der Waals surface area contributed by atoms with E-state index in [4.69, 9.17) is 9.26 Å². The summed E-state index contributed by atoms with van der Waals surface area (Å²) in [6, 6.07) is 11.2. The van der Waals surface area contributed by atoms with E-state index in [1.165, 1.54) is 0 Å². The van der Waals surface area contributed by atoms with Gasteiger partial charge in [0.1, 0.15) is 29.0 Å². The van der Waals surface area contributed by atoms with E-state index in [0.717, 1.165) is 17.2 Å². The van der Waals surface area contributed by atoms with Crippen molar-refractivity contribution in [3.05, 3.63) is 48.0 Å². The summed E-state index contributed by atoms with van der Waals surface area (Å²) in [7, 11) is 1.63. The fraction of sp³-hybridized carbons (Fsp3) is 0.188. The molecule has 118 valence electrons. The molecule has 0 atom stereocenters. The number of nitrogens with zero attached hydrogens (tertiary/aromatic N) is 3. The third-order valence-corrected chi connectivity index (χ3v) is 3.09. The number of hydrogen-bond acceptors (Lipinski definition) is 7. The second-order valence-corrected chi connectivity index (χ2v) is 4.96. The van der Waals surface area contributed by atoms with Crippen molar-refractivity contribution in [3.63, 3.8) is 0 Å². The van der Waals surface area contributed by atoms with Crippen LogP contribution in [0.15, 0.2) is 40.9 Å². The molecule has 0 aliphatic carbocycles. The minimum Gasteiger partial charge on any atom is -0.495 e. The Morgan fingerprint density at radius 1 is 0.957 bits per heavy atom. The molecule has 0 aliphatic rings. The van der Waals surface area contributed by atoms with Crippen LogP contribution in [-0.2, 0) is 0 Å². The maximum Gasteiger partial charge on any atom is 0.175 e. The predicted molar refractivity (Wildman–Crippen MR) is 87.6 cm³/mol. The van der Waals surface area contributed by atoms with Gasteiger partial charge in [-0.1, -0.05) is 17.3 Å². The summed E-state index contributed by atoms with van der Waals surface area (Å²) in [5.74, 6) is 3.99. The van der Waals surface area contributed by atoms with Crippen LogP contribution in [0, 0.1) is 13.8 Å². The highest BCUT2D eigenvalue weighted by molar-refractivity contribution is 5.66. The maximum absolute atomic E-state index is 5.33. The van der Waals surface area contributed by atoms with E-state index < -0.39 is 0 Å². The van der Waals surface area contributed by atoms with Gasteiger partial charge in [0.2, 0.25) is 0 Å². The molecule has 0 bridgehead atoms. The zero-order valence-electron chi connectivity index (χ0n) is 13.1. The fourth-order valence-electron chi connectivity index (χ4n) is 2.14. The summed E-state index contributed by atoms with van der Waals surface area (Å²) in [6.07, 6.45) is 0. The van der Waals surface area contributed by atoms with E-state index in [-0.39, 0.29) is 0 Å². The summed E-state index contributed by atoms with van der Waals surface area (Å²) < 4.78 is 10.4. The lowest BCUT2D eigenvalue weighted by molar-refractivity contribution is 0.400. The normalized spacial score (nSPS) is 10.4. The van der Waals surface area contributed by atoms with Crippen molar-refractivity contribution >= 4 is 23.1 Å². The van der Waals surface area contributed by atoms with Crippen molar-refractivity contribution in [3.8, 4) is 5.75 Å². The third-order valence-electron chi connectivity index (χ3n) is 3.09. The summed E-state index contributed by atoms with van der Waals surface area (Å²) in [4.78, 5) is 8.74. The number of anilines is 4. The third kappa shape index (κ3) is 3.57. The molecule has 2 heterocycles. The Kier molecular flexibility index (Phi) is 4.09. The lowest BCUT2D eigenvalue weighted by Gasteiger charge is -2.11. The van der Waals surface area contributed by atoms with Crippen LogP contribution in [0.3, 0.4) is 0 Å². The van der Waals surface area contributed by atoms with Crippen molar-refractivity contribution in [1.29, 1.82) is 0 Å². The van der Waals surface area contributed by atoms with E-state index in [2.05, 4.69) is 25.8 Å². The van der Waals surface area contributed by atoms with Crippen molar-refractivity contribution in [1.82, 2.24) is 15.1 Å². The second kappa shape index (κ2) is 6.35. The number of hydrogen-bond donors (Lipinski definition) is 2. The molecular formula is C16H17N5O2. The molecule has 0 spiro atoms. The standard InChI is InChI=1S/C16H17N5O2/c1-10-8-16(21-23-10)20-15-9-14(17-11(2)18-15)19-12-6-4-5-7-13(12)22-3/h4-9H,1-3H3,(H2,17,18,19,20,21). The van der Waals surface area contributed by atoms with E-state index in [1.54, 1.807) is 19.2 Å². The van der Waals surface area contributed by atoms with Gasteiger partial charge in [0.05, 0.1) is 12.8 Å². The molecule has 7 heteroatoms. The first-order chi connectivity index (χ1) is 11.1. The highest BCUT2D eigenvalue weighted by Gasteiger charge is 2.07. The average molecular weight is 311 g/mol. The summed E-state index contributed by atoms with van der Waals surface area (Å²) in [6.45, 7) is 3.66. The Hall–Kier alpha value is -3.09. The van der Waals surface area contributed by atoms with Crippen molar-refractivity contribution < 1.29 is 9.26 Å². The van der Waals surface area contributed by atoms with Gasteiger partial charge in [-0.3, -0.25) is 0 Å². The Balaban J connectivity index is 1.85. The van der Waals surface area contributed by atoms with Crippen LogP contribution in [0.5, 0.6) is 5.75 Å². The number of ether oxygens (including phenoxy) is 1. The number of para-hydroxylation sites is 2. The molecule has 3 rings (SSSR count). The monoisotopic (exact) mass is 311 g/mol. The van der Waals surface area contributed by atoms with Crippen LogP contribution in [0.25, 0.3) is 0 Å². The Morgan fingerprint density at radius 3 is 2.39 bits per heavy atom. The number of aryl methyl sites for hydroxylation is 2. The molecule has 7 nitrogen and oxygen atoms in total. The lowest BCUT2D eigenvalue weighted by Crippen LogP contribution is -2.02. The van der Waals surface area contributed by atoms with E-state index in [1.807, 2.05) is 38.1 Å². The van der Waals surface area contributed by atoms with Crippen LogP contribution in [0.2, 0.25) is 0 Å². The van der Waals surface area contributed by atoms with E-state index >= 15 is 0 Å². The number of benzene rings is 1. The molecular weight excluding hydrogens is 294 g/mol. The summed E-state index contributed by atoms with van der Waals surface area (Å²) in [5, 5.41) is 10.2. The van der Waals surface area contributed by atoms with Gasteiger partial charge in [-0.15, -0.1) is 0 Å². The first kappa shape index (κ1) is 14.8. The van der Waals surface area contributed by atoms with Crippen LogP contribution in [-0.4, -0.2) is 22.2 Å². The second-order valence-electron chi connectivity index (χ2n) is 4.96. The van der Waals surface area contributed by atoms with Crippen LogP contribution < -0.4 is 15.4 Å². The molecule has 0 aliphatic heterocycles. The Morgan fingerprint density at radius 2 is 1.70 bits per heavy atom. The smallest absolute Gasteiger partial charge is 0.175 e. The molecule has 0 amide bonds. The lowest BCUT2D eigenvalue weighted by atomic mass is 10.3. The number of nitrogens with one attached hydrogen (secondary N) is 2. The summed E-state index contributed by atoms with van der Waals surface area (Å²) >= 11 is 0. The number of methoxy groups -OCH3 is 1. The minimum absolute atomic E-state index is 0.601. The predicted octanol–water partition coefficient (Wildman–Crippen LogP) is 3.58. The molecule has 1 aromatic carbocycles. The number of rotatable bonds is 5. The molecule has 0 saturated heterocycles. The molecule has 0 unspecified atom stereocenters. The molecule has 3 aromatic rings. The van der Waals surface area contributed by atoms with Crippen molar-refractivity contribution in [2.24, 2.45) is 0 Å². The van der Waals surface area contributed by atoms with Gasteiger partial charge in [0, 0.05) is 12.1 Å². The zero-order valence-corrected chi connectivity index (χ0v) is 13.1. The highest BCUT2D eigenvalue weighted by atomic mass is 16.5. The molecule has 0 saturated carbocycles. The van der Waals surface area contributed by atoms with E-state index in [9.17, 15) is 0 Å². The quantitative estimate of drug-likeness (QED) is 0.745. The first-order valence-electron chi connectivity index (χ1n) is 7.10. The van der Waals surface area contributed by atoms with Gasteiger partial charge in [0.15, 0.2) is 5.82 Å². The summed E-state index contributed by atoms with van der Waals surface area (Å²) in [5.41, 5.74) is 0.830. The highest BCUT2D eigenvalue weighted by Crippen LogP contribution is 2.27. The fourth-order valence-corrected chi connectivity index (χ4v) is 2.14. The van der Waals surface area contributed by atoms with Crippen molar-refractivity contribution in [2.75, 3.05) is 17.7 Å². The number of aromatic nitrogens is 3. The Labute approximate surface area is 133 Å². The van der Waals surface area contributed by atoms with Gasteiger partial charge >= 0.3 is 0 Å². The van der Waals surface area contributed by atoms with Crippen LogP contribution in [0.4, 0.5) is 23.1 Å². The van der Waals surface area contributed by atoms with Crippen LogP contribution in [0.1, 0.15) is 11.6 Å². The molecule has 2 aromatic heterocycles. The molecule has 2 N–H and O–H groups in total. The van der Waals surface area contributed by atoms with Gasteiger partial charge < -0.3 is 19.9 Å². The first-order valence-corrected chi connectivity index (χ1v) is 7.10. The van der Waals surface area contributed by atoms with Gasteiger partial charge in [-0.2, -0.15) is 0 Å². The van der Waals surface area contributed by atoms with Crippen LogP contribution >= 0.6 is 0 Å². The molecule has 23 heavy (non-hydrogen) atoms. The zero-order chi connectivity index (χ0) is 16.2. The van der Waals surface area contributed by atoms with Crippen molar-refractivity contribution in [2.45, 2.75) is 13.8 Å². The largest absolute Gasteiger partial charge is 0.495 e. The van der Waals surface area contributed by atoms with Gasteiger partial charge in [0.25, 0.3) is 0 Å². The SMILES string of the molecule is COc1ccccc1Nc1cc(Nc2cc(C)on2)nc(C)n1. The molecule has 0 radical (unpaired) electrons. The minimum atomic E-state index is 0.601. The average Bonchev–Trinajstić information content (AvgIpc) is 2.92. The molecule has 0 fully saturated rings. The van der Waals surface area contributed by atoms with Gasteiger partial charge in [-0.05, 0) is 26.0 Å². The topological polar surface area (TPSA) is 85.1 Å². The van der Waals surface area contributed by atoms with Gasteiger partial charge in [-0.25, -0.2) is 9.97 Å². The maximum atomic E-state index is 5.33.